The Bertz CT molecular complexity index is 1340. The van der Waals surface area contributed by atoms with Gasteiger partial charge in [-0.3, -0.25) is 29.2 Å². The van der Waals surface area contributed by atoms with E-state index < -0.39 is 42.0 Å². The summed E-state index contributed by atoms with van der Waals surface area (Å²) in [6.45, 7) is 9.25. The minimum Gasteiger partial charge on any atom is -0.457 e. The number of ether oxygens (including phenoxy) is 1. The van der Waals surface area contributed by atoms with Crippen LogP contribution in [-0.4, -0.2) is 58.4 Å². The average Bonchev–Trinajstić information content (AvgIpc) is 2.94. The van der Waals surface area contributed by atoms with Crippen molar-refractivity contribution in [3.05, 3.63) is 59.9 Å². The number of hydrogen-bond donors (Lipinski definition) is 3. The van der Waals surface area contributed by atoms with E-state index in [0.717, 1.165) is 22.0 Å². The molecular formula is C30H37N5O5. The zero-order valence-corrected chi connectivity index (χ0v) is 23.2. The van der Waals surface area contributed by atoms with Gasteiger partial charge in [-0.25, -0.2) is 5.43 Å². The molecule has 4 atom stereocenters. The number of carbonyl (C=O) groups is 4. The number of esters is 1. The van der Waals surface area contributed by atoms with Crippen LogP contribution in [0.3, 0.4) is 0 Å². The number of fused-ring (bicyclic) bond motifs is 4. The maximum atomic E-state index is 13.1. The summed E-state index contributed by atoms with van der Waals surface area (Å²) in [4.78, 5) is 56.2. The maximum Gasteiger partial charge on any atom is 0.325 e. The molecule has 2 aliphatic rings. The first-order valence-corrected chi connectivity index (χ1v) is 13.7. The monoisotopic (exact) mass is 547 g/mol. The molecule has 3 heterocycles. The lowest BCUT2D eigenvalue weighted by Gasteiger charge is -2.35. The van der Waals surface area contributed by atoms with E-state index in [9.17, 15) is 19.2 Å². The van der Waals surface area contributed by atoms with Gasteiger partial charge in [-0.05, 0) is 81.2 Å². The van der Waals surface area contributed by atoms with Crippen LogP contribution in [0.4, 0.5) is 0 Å². The van der Waals surface area contributed by atoms with Crippen molar-refractivity contribution < 1.29 is 23.9 Å². The van der Waals surface area contributed by atoms with Crippen molar-refractivity contribution in [1.82, 2.24) is 26.1 Å². The summed E-state index contributed by atoms with van der Waals surface area (Å²) in [7, 11) is 0. The molecule has 40 heavy (non-hydrogen) atoms. The molecule has 0 saturated carbocycles. The van der Waals surface area contributed by atoms with Crippen molar-refractivity contribution in [3.63, 3.8) is 0 Å². The van der Waals surface area contributed by atoms with Crippen molar-refractivity contribution in [2.75, 3.05) is 6.54 Å². The highest BCUT2D eigenvalue weighted by Crippen LogP contribution is 2.24. The topological polar surface area (TPSA) is 130 Å². The molecule has 2 aliphatic heterocycles. The number of hydrogen-bond acceptors (Lipinski definition) is 7. The van der Waals surface area contributed by atoms with Gasteiger partial charge in [-0.15, -0.1) is 0 Å². The summed E-state index contributed by atoms with van der Waals surface area (Å²) in [5, 5.41) is 8.68. The van der Waals surface area contributed by atoms with Crippen molar-refractivity contribution >= 4 is 40.5 Å². The Morgan fingerprint density at radius 1 is 1.07 bits per heavy atom. The molecule has 3 amide bonds. The molecule has 0 spiro atoms. The number of pyridine rings is 1. The maximum absolute atomic E-state index is 13.1. The lowest BCUT2D eigenvalue weighted by Crippen LogP contribution is -2.60. The Morgan fingerprint density at radius 2 is 1.88 bits per heavy atom. The quantitative estimate of drug-likeness (QED) is 0.370. The van der Waals surface area contributed by atoms with Gasteiger partial charge in [0.05, 0.1) is 5.69 Å². The van der Waals surface area contributed by atoms with Crippen LogP contribution in [0.5, 0.6) is 0 Å². The predicted octanol–water partition coefficient (Wildman–Crippen LogP) is 3.10. The van der Waals surface area contributed by atoms with Crippen LogP contribution in [0.25, 0.3) is 16.8 Å². The Labute approximate surface area is 234 Å². The third-order valence-electron chi connectivity index (χ3n) is 7.12. The fourth-order valence-electron chi connectivity index (χ4n) is 4.78. The summed E-state index contributed by atoms with van der Waals surface area (Å²) >= 11 is 0. The third-order valence-corrected chi connectivity index (χ3v) is 7.12. The molecule has 0 radical (unpaired) electrons. The second-order valence-corrected chi connectivity index (χ2v) is 10.5. The molecule has 1 aromatic heterocycles. The molecule has 1 fully saturated rings. The van der Waals surface area contributed by atoms with E-state index in [2.05, 4.69) is 27.6 Å². The Kier molecular flexibility index (Phi) is 9.31. The van der Waals surface area contributed by atoms with Crippen LogP contribution < -0.4 is 16.1 Å². The molecule has 2 aromatic rings. The van der Waals surface area contributed by atoms with Crippen LogP contribution in [0, 0.1) is 0 Å². The summed E-state index contributed by atoms with van der Waals surface area (Å²) < 4.78 is 5.79. The molecule has 0 aliphatic carbocycles. The second-order valence-electron chi connectivity index (χ2n) is 10.5. The number of benzene rings is 1. The minimum absolute atomic E-state index is 0.232. The Balaban J connectivity index is 1.59. The average molecular weight is 548 g/mol. The molecule has 1 saturated heterocycles. The smallest absolute Gasteiger partial charge is 0.325 e. The number of allylic oxidation sites excluding steroid dienone is 1. The van der Waals surface area contributed by atoms with E-state index in [0.29, 0.717) is 37.8 Å². The van der Waals surface area contributed by atoms with E-state index in [1.807, 2.05) is 43.3 Å². The van der Waals surface area contributed by atoms with Gasteiger partial charge >= 0.3 is 5.97 Å². The van der Waals surface area contributed by atoms with Gasteiger partial charge in [0.25, 0.3) is 5.91 Å². The predicted molar refractivity (Wildman–Crippen MR) is 151 cm³/mol. The van der Waals surface area contributed by atoms with E-state index in [4.69, 9.17) is 4.74 Å². The second kappa shape index (κ2) is 12.9. The Morgan fingerprint density at radius 3 is 2.65 bits per heavy atom. The molecule has 10 heteroatoms. The van der Waals surface area contributed by atoms with Crippen LogP contribution in [-0.2, 0) is 23.9 Å². The lowest BCUT2D eigenvalue weighted by atomic mass is 10.0. The molecule has 4 rings (SSSR count). The third kappa shape index (κ3) is 7.12. The van der Waals surface area contributed by atoms with E-state index in [1.54, 1.807) is 20.0 Å². The van der Waals surface area contributed by atoms with Crippen molar-refractivity contribution in [3.8, 4) is 0 Å². The molecule has 3 N–H and O–H groups in total. The van der Waals surface area contributed by atoms with Gasteiger partial charge < -0.3 is 15.4 Å². The van der Waals surface area contributed by atoms with Gasteiger partial charge in [0.15, 0.2) is 0 Å². The van der Waals surface area contributed by atoms with Crippen molar-refractivity contribution in [1.29, 1.82) is 0 Å². The SMILES string of the molecule is C=C(C)[C@@H]1NC(=O)CCC/C=C/c2cc3cc(ccc3cn2)[C@@H](C)OC(=O)[C@@H]2CCCN(N2)C(=O)[C@H](C)NC1=O. The Hall–Kier alpha value is -4.05. The van der Waals surface area contributed by atoms with Gasteiger partial charge in [0.2, 0.25) is 11.8 Å². The zero-order valence-electron chi connectivity index (χ0n) is 23.2. The number of hydrazine groups is 1. The molecule has 1 aromatic carbocycles. The zero-order chi connectivity index (χ0) is 28.8. The van der Waals surface area contributed by atoms with Gasteiger partial charge in [0, 0.05) is 24.5 Å². The fraction of sp³-hybridized carbons (Fsp3) is 0.433. The minimum atomic E-state index is -0.968. The molecule has 10 nitrogen and oxygen atoms in total. The number of rotatable bonds is 1. The molecule has 212 valence electrons. The number of carbonyl (C=O) groups excluding carboxylic acids is 4. The van der Waals surface area contributed by atoms with Crippen molar-refractivity contribution in [2.24, 2.45) is 0 Å². The molecule has 5 bridgehead atoms. The number of nitrogens with zero attached hydrogens (tertiary/aromatic N) is 2. The highest BCUT2D eigenvalue weighted by atomic mass is 16.5. The van der Waals surface area contributed by atoms with E-state index in [-0.39, 0.29) is 12.3 Å². The van der Waals surface area contributed by atoms with Crippen LogP contribution >= 0.6 is 0 Å². The summed E-state index contributed by atoms with van der Waals surface area (Å²) in [5.74, 6) is -1.65. The number of cyclic esters (lactones) is 1. The van der Waals surface area contributed by atoms with Crippen LogP contribution in [0.1, 0.15) is 70.2 Å². The standard InChI is InChI=1S/C30H37N5O5/c1-18(2)27-28(37)32-19(3)29(38)35-14-8-10-25(34-35)30(39)40-20(4)21-12-13-22-17-31-24(16-23(22)15-21)9-6-5-7-11-26(36)33-27/h6,9,12-13,15-17,19-20,25,27,34H,1,5,7-8,10-11,14H2,2-4H3,(H,32,37)(H,33,36)/b9-6+/t19-,20+,25-,27-/m0/s1. The summed E-state index contributed by atoms with van der Waals surface area (Å²) in [5.41, 5.74) is 5.05. The van der Waals surface area contributed by atoms with Gasteiger partial charge in [-0.1, -0.05) is 24.8 Å². The van der Waals surface area contributed by atoms with E-state index >= 15 is 0 Å². The highest BCUT2D eigenvalue weighted by molar-refractivity contribution is 5.93. The summed E-state index contributed by atoms with van der Waals surface area (Å²) in [6, 6.07) is 5.25. The number of amides is 3. The van der Waals surface area contributed by atoms with Gasteiger partial charge in [-0.2, -0.15) is 0 Å². The first kappa shape index (κ1) is 28.9. The largest absolute Gasteiger partial charge is 0.457 e. The first-order valence-electron chi connectivity index (χ1n) is 13.7. The van der Waals surface area contributed by atoms with E-state index in [1.165, 1.54) is 5.01 Å². The fourth-order valence-corrected chi connectivity index (χ4v) is 4.78. The number of nitrogens with one attached hydrogen (secondary N) is 3. The molecule has 0 unspecified atom stereocenters. The first-order chi connectivity index (χ1) is 19.1. The van der Waals surface area contributed by atoms with Crippen LogP contribution in [0.15, 0.2) is 48.7 Å². The number of aromatic nitrogens is 1. The van der Waals surface area contributed by atoms with Crippen LogP contribution in [0.2, 0.25) is 0 Å². The highest BCUT2D eigenvalue weighted by Gasteiger charge is 2.33. The normalized spacial score (nSPS) is 26.2. The lowest BCUT2D eigenvalue weighted by molar-refractivity contribution is -0.157. The molecular weight excluding hydrogens is 510 g/mol. The summed E-state index contributed by atoms with van der Waals surface area (Å²) in [6.07, 6.45) is 7.75. The van der Waals surface area contributed by atoms with Crippen molar-refractivity contribution in [2.45, 2.75) is 77.1 Å². The van der Waals surface area contributed by atoms with Gasteiger partial charge in [0.1, 0.15) is 24.2 Å².